The number of anilines is 1. The number of halogens is 1. The van der Waals surface area contributed by atoms with E-state index < -0.39 is 17.5 Å². The Hall–Kier alpha value is -2.53. The number of cyclic esters (lactones) is 1. The molecule has 0 fully saturated rings. The number of methoxy groups -OCH3 is 1. The zero-order valence-corrected chi connectivity index (χ0v) is 14.0. The van der Waals surface area contributed by atoms with Gasteiger partial charge in [0.25, 0.3) is 5.91 Å². The average molecular weight is 346 g/mol. The molecule has 5 nitrogen and oxygen atoms in total. The molecule has 6 heteroatoms. The fraction of sp³-hybridized carbons (Fsp3) is 0.222. The fourth-order valence-corrected chi connectivity index (χ4v) is 2.92. The molecule has 1 unspecified atom stereocenters. The van der Waals surface area contributed by atoms with Crippen LogP contribution in [-0.2, 0) is 16.0 Å². The zero-order chi connectivity index (χ0) is 17.3. The molecule has 124 valence electrons. The standard InChI is InChI=1S/C18H16ClNO4/c1-18(10-11-5-3-4-6-13(11)16(21)24-18)17(22)20-12-7-8-15(23-2)14(19)9-12/h3-9H,10H2,1-2H3,(H,20,22). The van der Waals surface area contributed by atoms with Gasteiger partial charge in [0.1, 0.15) is 5.75 Å². The fourth-order valence-electron chi connectivity index (χ4n) is 2.67. The summed E-state index contributed by atoms with van der Waals surface area (Å²) in [6, 6.07) is 12.0. The number of amides is 1. The van der Waals surface area contributed by atoms with Crippen molar-refractivity contribution in [3.63, 3.8) is 0 Å². The molecule has 24 heavy (non-hydrogen) atoms. The molecule has 2 aromatic rings. The summed E-state index contributed by atoms with van der Waals surface area (Å²) in [7, 11) is 1.51. The van der Waals surface area contributed by atoms with Gasteiger partial charge in [-0.05, 0) is 36.8 Å². The lowest BCUT2D eigenvalue weighted by Gasteiger charge is -2.33. The van der Waals surface area contributed by atoms with Crippen LogP contribution in [0.15, 0.2) is 42.5 Å². The number of esters is 1. The molecule has 0 radical (unpaired) electrons. The number of hydrogen-bond acceptors (Lipinski definition) is 4. The predicted molar refractivity (Wildman–Crippen MR) is 90.6 cm³/mol. The molecule has 1 atom stereocenters. The second-order valence-corrected chi connectivity index (χ2v) is 6.16. The van der Waals surface area contributed by atoms with Gasteiger partial charge in [-0.3, -0.25) is 4.79 Å². The van der Waals surface area contributed by atoms with Crippen molar-refractivity contribution in [1.29, 1.82) is 0 Å². The molecule has 0 bridgehead atoms. The van der Waals surface area contributed by atoms with Crippen molar-refractivity contribution in [2.75, 3.05) is 12.4 Å². The molecule has 1 amide bonds. The third kappa shape index (κ3) is 2.95. The summed E-state index contributed by atoms with van der Waals surface area (Å²) in [5.41, 5.74) is 0.508. The monoisotopic (exact) mass is 345 g/mol. The number of ether oxygens (including phenoxy) is 2. The topological polar surface area (TPSA) is 64.6 Å². The predicted octanol–water partition coefficient (Wildman–Crippen LogP) is 3.46. The van der Waals surface area contributed by atoms with E-state index in [0.717, 1.165) is 5.56 Å². The van der Waals surface area contributed by atoms with E-state index in [0.29, 0.717) is 28.4 Å². The van der Waals surface area contributed by atoms with Crippen molar-refractivity contribution >= 4 is 29.2 Å². The van der Waals surface area contributed by atoms with E-state index >= 15 is 0 Å². The lowest BCUT2D eigenvalue weighted by Crippen LogP contribution is -2.48. The van der Waals surface area contributed by atoms with E-state index in [1.165, 1.54) is 7.11 Å². The van der Waals surface area contributed by atoms with E-state index in [2.05, 4.69) is 5.32 Å². The minimum absolute atomic E-state index is 0.310. The summed E-state index contributed by atoms with van der Waals surface area (Å²) < 4.78 is 10.5. The summed E-state index contributed by atoms with van der Waals surface area (Å²) in [6.07, 6.45) is 0.310. The summed E-state index contributed by atoms with van der Waals surface area (Å²) >= 11 is 6.06. The highest BCUT2D eigenvalue weighted by atomic mass is 35.5. The maximum Gasteiger partial charge on any atom is 0.339 e. The molecule has 2 aromatic carbocycles. The maximum atomic E-state index is 12.6. The molecule has 0 saturated carbocycles. The number of hydrogen-bond donors (Lipinski definition) is 1. The van der Waals surface area contributed by atoms with Gasteiger partial charge in [-0.2, -0.15) is 0 Å². The van der Waals surface area contributed by atoms with Crippen molar-refractivity contribution in [3.8, 4) is 5.75 Å². The molecular formula is C18H16ClNO4. The van der Waals surface area contributed by atoms with Crippen LogP contribution in [0, 0.1) is 0 Å². The number of carbonyl (C=O) groups excluding carboxylic acids is 2. The second-order valence-electron chi connectivity index (χ2n) is 5.76. The Morgan fingerprint density at radius 1 is 1.29 bits per heavy atom. The van der Waals surface area contributed by atoms with Crippen LogP contribution < -0.4 is 10.1 Å². The first kappa shape index (κ1) is 16.3. The molecule has 1 heterocycles. The Labute approximate surface area is 144 Å². The first-order valence-electron chi connectivity index (χ1n) is 7.39. The van der Waals surface area contributed by atoms with Crippen molar-refractivity contribution in [1.82, 2.24) is 0 Å². The Balaban J connectivity index is 1.82. The van der Waals surface area contributed by atoms with Crippen molar-refractivity contribution < 1.29 is 19.1 Å². The van der Waals surface area contributed by atoms with Gasteiger partial charge in [-0.1, -0.05) is 29.8 Å². The van der Waals surface area contributed by atoms with Gasteiger partial charge >= 0.3 is 5.97 Å². The lowest BCUT2D eigenvalue weighted by atomic mass is 9.89. The van der Waals surface area contributed by atoms with Crippen molar-refractivity contribution in [3.05, 3.63) is 58.6 Å². The van der Waals surface area contributed by atoms with Crippen LogP contribution in [0.4, 0.5) is 5.69 Å². The van der Waals surface area contributed by atoms with Gasteiger partial charge in [0.15, 0.2) is 5.60 Å². The highest BCUT2D eigenvalue weighted by Crippen LogP contribution is 2.31. The number of benzene rings is 2. The normalized spacial score (nSPS) is 19.2. The van der Waals surface area contributed by atoms with Gasteiger partial charge in [-0.25, -0.2) is 4.79 Å². The second kappa shape index (κ2) is 6.17. The summed E-state index contributed by atoms with van der Waals surface area (Å²) in [5, 5.41) is 3.12. The average Bonchev–Trinajstić information content (AvgIpc) is 2.55. The molecule has 0 saturated heterocycles. The van der Waals surface area contributed by atoms with Crippen LogP contribution in [0.1, 0.15) is 22.8 Å². The summed E-state index contributed by atoms with van der Waals surface area (Å²) in [6.45, 7) is 1.60. The van der Waals surface area contributed by atoms with Crippen LogP contribution >= 0.6 is 11.6 Å². The summed E-state index contributed by atoms with van der Waals surface area (Å²) in [5.74, 6) is -0.396. The van der Waals surface area contributed by atoms with Gasteiger partial charge in [0, 0.05) is 12.1 Å². The molecular weight excluding hydrogens is 330 g/mol. The minimum Gasteiger partial charge on any atom is -0.495 e. The molecule has 1 aliphatic heterocycles. The number of fused-ring (bicyclic) bond motifs is 1. The molecule has 0 aliphatic carbocycles. The van der Waals surface area contributed by atoms with Gasteiger partial charge in [0.2, 0.25) is 0 Å². The van der Waals surface area contributed by atoms with Crippen LogP contribution in [-0.4, -0.2) is 24.6 Å². The van der Waals surface area contributed by atoms with Crippen molar-refractivity contribution in [2.45, 2.75) is 18.9 Å². The SMILES string of the molecule is COc1ccc(NC(=O)C2(C)Cc3ccccc3C(=O)O2)cc1Cl. The Kier molecular flexibility index (Phi) is 4.20. The smallest absolute Gasteiger partial charge is 0.339 e. The molecule has 0 spiro atoms. The maximum absolute atomic E-state index is 12.6. The molecule has 0 aromatic heterocycles. The van der Waals surface area contributed by atoms with Gasteiger partial charge in [0.05, 0.1) is 17.7 Å². The minimum atomic E-state index is -1.28. The summed E-state index contributed by atoms with van der Waals surface area (Å²) in [4.78, 5) is 24.8. The third-order valence-electron chi connectivity index (χ3n) is 3.97. The van der Waals surface area contributed by atoms with Crippen LogP contribution in [0.5, 0.6) is 5.75 Å². The van der Waals surface area contributed by atoms with E-state index in [1.807, 2.05) is 12.1 Å². The lowest BCUT2D eigenvalue weighted by molar-refractivity contribution is -0.134. The molecule has 1 N–H and O–H groups in total. The Morgan fingerprint density at radius 2 is 2.04 bits per heavy atom. The molecule has 1 aliphatic rings. The van der Waals surface area contributed by atoms with E-state index in [-0.39, 0.29) is 0 Å². The number of nitrogens with one attached hydrogen (secondary N) is 1. The first-order chi connectivity index (χ1) is 11.4. The quantitative estimate of drug-likeness (QED) is 0.865. The highest BCUT2D eigenvalue weighted by Gasteiger charge is 2.42. The molecule has 3 rings (SSSR count). The van der Waals surface area contributed by atoms with E-state index in [9.17, 15) is 9.59 Å². The first-order valence-corrected chi connectivity index (χ1v) is 7.77. The Bertz CT molecular complexity index is 820. The Morgan fingerprint density at radius 3 is 2.75 bits per heavy atom. The van der Waals surface area contributed by atoms with Crippen LogP contribution in [0.25, 0.3) is 0 Å². The zero-order valence-electron chi connectivity index (χ0n) is 13.3. The third-order valence-corrected chi connectivity index (χ3v) is 4.27. The van der Waals surface area contributed by atoms with Gasteiger partial charge < -0.3 is 14.8 Å². The van der Waals surface area contributed by atoms with Crippen LogP contribution in [0.3, 0.4) is 0 Å². The number of carbonyl (C=O) groups is 2. The van der Waals surface area contributed by atoms with Gasteiger partial charge in [-0.15, -0.1) is 0 Å². The number of rotatable bonds is 3. The van der Waals surface area contributed by atoms with Crippen molar-refractivity contribution in [2.24, 2.45) is 0 Å². The van der Waals surface area contributed by atoms with E-state index in [4.69, 9.17) is 21.1 Å². The highest BCUT2D eigenvalue weighted by molar-refractivity contribution is 6.32. The largest absolute Gasteiger partial charge is 0.495 e. The van der Waals surface area contributed by atoms with E-state index in [1.54, 1.807) is 37.3 Å². The van der Waals surface area contributed by atoms with Crippen LogP contribution in [0.2, 0.25) is 5.02 Å².